The first kappa shape index (κ1) is 16.4. The first-order valence-corrected chi connectivity index (χ1v) is 8.03. The number of hydrogen-bond donors (Lipinski definition) is 0. The molecule has 3 atom stereocenters. The fourth-order valence-electron chi connectivity index (χ4n) is 2.92. The highest BCUT2D eigenvalue weighted by Gasteiger charge is 2.29. The van der Waals surface area contributed by atoms with Crippen LogP contribution >= 0.6 is 23.2 Å². The Morgan fingerprint density at radius 1 is 1.29 bits per heavy atom. The van der Waals surface area contributed by atoms with Crippen molar-refractivity contribution in [1.82, 2.24) is 4.90 Å². The molecular weight excluding hydrogens is 309 g/mol. The van der Waals surface area contributed by atoms with Gasteiger partial charge in [0, 0.05) is 13.1 Å². The lowest BCUT2D eigenvalue weighted by Gasteiger charge is -2.36. The maximum Gasteiger partial charge on any atom is 0.263 e. The second-order valence-electron chi connectivity index (χ2n) is 6.00. The largest absolute Gasteiger partial charge is 0.479 e. The summed E-state index contributed by atoms with van der Waals surface area (Å²) in [6, 6.07) is 5.17. The average molecular weight is 330 g/mol. The van der Waals surface area contributed by atoms with Crippen molar-refractivity contribution in [2.45, 2.75) is 33.3 Å². The normalized spacial score (nSPS) is 23.8. The predicted molar refractivity (Wildman–Crippen MR) is 86.1 cm³/mol. The first-order chi connectivity index (χ1) is 9.88. The molecule has 3 nitrogen and oxygen atoms in total. The highest BCUT2D eigenvalue weighted by Crippen LogP contribution is 2.32. The number of rotatable bonds is 3. The molecule has 21 heavy (non-hydrogen) atoms. The van der Waals surface area contributed by atoms with E-state index in [1.165, 1.54) is 6.42 Å². The second-order valence-corrected chi connectivity index (χ2v) is 6.79. The quantitative estimate of drug-likeness (QED) is 0.828. The van der Waals surface area contributed by atoms with Crippen molar-refractivity contribution in [1.29, 1.82) is 0 Å². The third-order valence-electron chi connectivity index (χ3n) is 3.75. The van der Waals surface area contributed by atoms with Crippen LogP contribution in [0.3, 0.4) is 0 Å². The molecule has 1 aromatic carbocycles. The molecule has 0 aromatic heterocycles. The van der Waals surface area contributed by atoms with Crippen LogP contribution in [0.1, 0.15) is 27.2 Å². The van der Waals surface area contributed by atoms with Crippen molar-refractivity contribution >= 4 is 29.1 Å². The van der Waals surface area contributed by atoms with E-state index in [2.05, 4.69) is 13.8 Å². The molecule has 3 unspecified atom stereocenters. The standard InChI is InChI=1S/C16H21Cl2NO2/c1-10-7-11(2)9-19(8-10)16(20)12(3)21-14-6-4-5-13(17)15(14)18/h4-6,10-12H,7-9H2,1-3H3. The minimum absolute atomic E-state index is 0.00411. The van der Waals surface area contributed by atoms with E-state index in [0.29, 0.717) is 27.6 Å². The van der Waals surface area contributed by atoms with Crippen molar-refractivity contribution in [2.75, 3.05) is 13.1 Å². The van der Waals surface area contributed by atoms with Crippen LogP contribution in [-0.2, 0) is 4.79 Å². The zero-order valence-electron chi connectivity index (χ0n) is 12.6. The second kappa shape index (κ2) is 6.89. The summed E-state index contributed by atoms with van der Waals surface area (Å²) in [4.78, 5) is 14.4. The van der Waals surface area contributed by atoms with E-state index < -0.39 is 6.10 Å². The van der Waals surface area contributed by atoms with Gasteiger partial charge in [-0.3, -0.25) is 4.79 Å². The number of carbonyl (C=O) groups excluding carboxylic acids is 1. The molecular formula is C16H21Cl2NO2. The molecule has 5 heteroatoms. The predicted octanol–water partition coefficient (Wildman–Crippen LogP) is 4.27. The van der Waals surface area contributed by atoms with Crippen LogP contribution in [0.4, 0.5) is 0 Å². The number of carbonyl (C=O) groups is 1. The van der Waals surface area contributed by atoms with Gasteiger partial charge in [-0.15, -0.1) is 0 Å². The zero-order chi connectivity index (χ0) is 15.6. The van der Waals surface area contributed by atoms with Gasteiger partial charge in [0.25, 0.3) is 5.91 Å². The Hall–Kier alpha value is -0.930. The number of amides is 1. The summed E-state index contributed by atoms with van der Waals surface area (Å²) in [5.74, 6) is 1.51. The van der Waals surface area contributed by atoms with Crippen LogP contribution in [0.15, 0.2) is 18.2 Å². The summed E-state index contributed by atoms with van der Waals surface area (Å²) in [6.45, 7) is 7.69. The van der Waals surface area contributed by atoms with Crippen LogP contribution in [0.2, 0.25) is 10.0 Å². The first-order valence-electron chi connectivity index (χ1n) is 7.28. The fourth-order valence-corrected chi connectivity index (χ4v) is 3.25. The van der Waals surface area contributed by atoms with E-state index in [4.69, 9.17) is 27.9 Å². The number of nitrogens with zero attached hydrogens (tertiary/aromatic N) is 1. The molecule has 1 aliphatic heterocycles. The van der Waals surface area contributed by atoms with Gasteiger partial charge in [-0.05, 0) is 37.3 Å². The van der Waals surface area contributed by atoms with E-state index in [-0.39, 0.29) is 5.91 Å². The molecule has 116 valence electrons. The van der Waals surface area contributed by atoms with Gasteiger partial charge in [-0.25, -0.2) is 0 Å². The maximum atomic E-state index is 12.5. The van der Waals surface area contributed by atoms with E-state index in [1.807, 2.05) is 4.90 Å². The fraction of sp³-hybridized carbons (Fsp3) is 0.562. The molecule has 1 aromatic rings. The maximum absolute atomic E-state index is 12.5. The van der Waals surface area contributed by atoms with Gasteiger partial charge >= 0.3 is 0 Å². The highest BCUT2D eigenvalue weighted by atomic mass is 35.5. The van der Waals surface area contributed by atoms with Crippen molar-refractivity contribution in [3.05, 3.63) is 28.2 Å². The molecule has 2 rings (SSSR count). The van der Waals surface area contributed by atoms with Crippen molar-refractivity contribution in [3.63, 3.8) is 0 Å². The van der Waals surface area contributed by atoms with Crippen molar-refractivity contribution in [3.8, 4) is 5.75 Å². The van der Waals surface area contributed by atoms with Gasteiger partial charge in [0.05, 0.1) is 5.02 Å². The Kier molecular flexibility index (Phi) is 5.39. The lowest BCUT2D eigenvalue weighted by molar-refractivity contribution is -0.140. The van der Waals surface area contributed by atoms with E-state index >= 15 is 0 Å². The summed E-state index contributed by atoms with van der Waals surface area (Å²) in [6.07, 6.45) is 0.595. The molecule has 0 saturated carbocycles. The number of ether oxygens (including phenoxy) is 1. The van der Waals surface area contributed by atoms with E-state index in [0.717, 1.165) is 13.1 Å². The number of likely N-dealkylation sites (tertiary alicyclic amines) is 1. The number of halogens is 2. The Balaban J connectivity index is 2.04. The molecule has 0 bridgehead atoms. The van der Waals surface area contributed by atoms with E-state index in [1.54, 1.807) is 25.1 Å². The summed E-state index contributed by atoms with van der Waals surface area (Å²) < 4.78 is 5.70. The molecule has 0 aliphatic carbocycles. The van der Waals surface area contributed by atoms with Gasteiger partial charge in [-0.2, -0.15) is 0 Å². The Morgan fingerprint density at radius 2 is 1.90 bits per heavy atom. The van der Waals surface area contributed by atoms with Gasteiger partial charge < -0.3 is 9.64 Å². The van der Waals surface area contributed by atoms with Crippen LogP contribution in [0, 0.1) is 11.8 Å². The minimum Gasteiger partial charge on any atom is -0.479 e. The highest BCUT2D eigenvalue weighted by molar-refractivity contribution is 6.42. The third-order valence-corrected chi connectivity index (χ3v) is 4.55. The summed E-state index contributed by atoms with van der Waals surface area (Å²) in [5, 5.41) is 0.772. The Bertz CT molecular complexity index is 511. The van der Waals surface area contributed by atoms with Crippen LogP contribution < -0.4 is 4.74 Å². The third kappa shape index (κ3) is 4.04. The van der Waals surface area contributed by atoms with Crippen LogP contribution in [0.5, 0.6) is 5.75 Å². The smallest absolute Gasteiger partial charge is 0.263 e. The zero-order valence-corrected chi connectivity index (χ0v) is 14.1. The summed E-state index contributed by atoms with van der Waals surface area (Å²) in [7, 11) is 0. The van der Waals surface area contributed by atoms with Crippen molar-refractivity contribution in [2.24, 2.45) is 11.8 Å². The number of benzene rings is 1. The number of hydrogen-bond acceptors (Lipinski definition) is 2. The molecule has 1 heterocycles. The van der Waals surface area contributed by atoms with Crippen LogP contribution in [-0.4, -0.2) is 30.0 Å². The monoisotopic (exact) mass is 329 g/mol. The van der Waals surface area contributed by atoms with Gasteiger partial charge in [-0.1, -0.05) is 43.1 Å². The van der Waals surface area contributed by atoms with Crippen molar-refractivity contribution < 1.29 is 9.53 Å². The summed E-state index contributed by atoms with van der Waals surface area (Å²) in [5.41, 5.74) is 0. The SMILES string of the molecule is CC1CC(C)CN(C(=O)C(C)Oc2cccc(Cl)c2Cl)C1. The molecule has 0 radical (unpaired) electrons. The minimum atomic E-state index is -0.571. The molecule has 1 saturated heterocycles. The molecule has 0 spiro atoms. The lowest BCUT2D eigenvalue weighted by atomic mass is 9.91. The molecule has 1 fully saturated rings. The molecule has 1 aliphatic rings. The van der Waals surface area contributed by atoms with Gasteiger partial charge in [0.2, 0.25) is 0 Å². The summed E-state index contributed by atoms with van der Waals surface area (Å²) >= 11 is 12.0. The van der Waals surface area contributed by atoms with Crippen LogP contribution in [0.25, 0.3) is 0 Å². The molecule has 0 N–H and O–H groups in total. The van der Waals surface area contributed by atoms with Gasteiger partial charge in [0.15, 0.2) is 6.10 Å². The Morgan fingerprint density at radius 3 is 2.52 bits per heavy atom. The number of piperidine rings is 1. The lowest BCUT2D eigenvalue weighted by Crippen LogP contribution is -2.47. The topological polar surface area (TPSA) is 29.5 Å². The van der Waals surface area contributed by atoms with E-state index in [9.17, 15) is 4.79 Å². The van der Waals surface area contributed by atoms with Gasteiger partial charge in [0.1, 0.15) is 10.8 Å². The Labute approximate surface area is 136 Å². The average Bonchev–Trinajstić information content (AvgIpc) is 2.42. The molecule has 1 amide bonds.